The Morgan fingerprint density at radius 1 is 1.05 bits per heavy atom. The fourth-order valence-electron chi connectivity index (χ4n) is 4.56. The van der Waals surface area contributed by atoms with Crippen molar-refractivity contribution in [2.24, 2.45) is 0 Å². The molecule has 1 aromatic heterocycles. The number of rotatable bonds is 13. The number of carbonyl (C=O) groups is 2. The summed E-state index contributed by atoms with van der Waals surface area (Å²) in [6, 6.07) is 13.4. The van der Waals surface area contributed by atoms with Crippen molar-refractivity contribution >= 4 is 22.7 Å². The lowest BCUT2D eigenvalue weighted by molar-refractivity contribution is -0.130. The van der Waals surface area contributed by atoms with Gasteiger partial charge in [-0.1, -0.05) is 50.5 Å². The first-order chi connectivity index (χ1) is 18.0. The fourth-order valence-corrected chi connectivity index (χ4v) is 4.56. The standard InChI is InChI=1S/C29H33NO7/c1-4-5-6-7-16-36-21-13-11-19(12-14-21)25-24(27(32)29(33)30(25)15-17-34-2)26(31)23-18-20-9-8-10-22(35-3)28(20)37-23/h8-14,18,25,32H,4-7,15-17H2,1-3H3. The Morgan fingerprint density at radius 3 is 2.54 bits per heavy atom. The third kappa shape index (κ3) is 5.49. The summed E-state index contributed by atoms with van der Waals surface area (Å²) in [6.45, 7) is 3.24. The van der Waals surface area contributed by atoms with E-state index in [1.54, 1.807) is 24.3 Å². The Bertz CT molecular complexity index is 1280. The van der Waals surface area contributed by atoms with Gasteiger partial charge in [0.25, 0.3) is 5.91 Å². The molecule has 1 unspecified atom stereocenters. The van der Waals surface area contributed by atoms with Crippen LogP contribution in [0.15, 0.2) is 64.3 Å². The molecule has 1 aliphatic heterocycles. The number of benzene rings is 2. The molecular weight excluding hydrogens is 474 g/mol. The number of carbonyl (C=O) groups excluding carboxylic acids is 2. The van der Waals surface area contributed by atoms with Crippen molar-refractivity contribution in [3.05, 3.63) is 71.2 Å². The average molecular weight is 508 g/mol. The molecule has 0 saturated carbocycles. The summed E-state index contributed by atoms with van der Waals surface area (Å²) in [6.07, 6.45) is 4.45. The maximum absolute atomic E-state index is 13.7. The van der Waals surface area contributed by atoms with Gasteiger partial charge in [0.15, 0.2) is 22.9 Å². The first-order valence-electron chi connectivity index (χ1n) is 12.6. The number of hydrogen-bond acceptors (Lipinski definition) is 7. The molecule has 2 aromatic carbocycles. The van der Waals surface area contributed by atoms with Crippen LogP contribution in [-0.2, 0) is 9.53 Å². The van der Waals surface area contributed by atoms with Gasteiger partial charge in [-0.05, 0) is 36.2 Å². The monoisotopic (exact) mass is 507 g/mol. The zero-order valence-electron chi connectivity index (χ0n) is 21.5. The molecule has 0 aliphatic carbocycles. The lowest BCUT2D eigenvalue weighted by atomic mass is 9.95. The number of Topliss-reactive ketones (excluding diaryl/α,β-unsaturated/α-hetero) is 1. The first kappa shape index (κ1) is 26.3. The van der Waals surface area contributed by atoms with Crippen LogP contribution in [0.1, 0.15) is 54.8 Å². The molecule has 4 rings (SSSR count). The minimum atomic E-state index is -0.802. The number of unbranched alkanes of at least 4 members (excludes halogenated alkanes) is 3. The zero-order chi connectivity index (χ0) is 26.4. The highest BCUT2D eigenvalue weighted by molar-refractivity contribution is 6.16. The molecule has 0 spiro atoms. The summed E-state index contributed by atoms with van der Waals surface area (Å²) in [7, 11) is 3.05. The number of aliphatic hydroxyl groups is 1. The highest BCUT2D eigenvalue weighted by Crippen LogP contribution is 2.40. The Hall–Kier alpha value is -3.78. The Labute approximate surface area is 216 Å². The van der Waals surface area contributed by atoms with Crippen LogP contribution < -0.4 is 9.47 Å². The van der Waals surface area contributed by atoms with Crippen LogP contribution in [-0.4, -0.2) is 55.7 Å². The number of amides is 1. The normalized spacial score (nSPS) is 15.6. The second kappa shape index (κ2) is 12.0. The molecule has 2 heterocycles. The Morgan fingerprint density at radius 2 is 1.84 bits per heavy atom. The third-order valence-corrected chi connectivity index (χ3v) is 6.50. The predicted molar refractivity (Wildman–Crippen MR) is 139 cm³/mol. The van der Waals surface area contributed by atoms with E-state index < -0.39 is 23.5 Å². The van der Waals surface area contributed by atoms with Crippen molar-refractivity contribution in [3.63, 3.8) is 0 Å². The van der Waals surface area contributed by atoms with E-state index in [0.717, 1.165) is 19.3 Å². The highest BCUT2D eigenvalue weighted by atomic mass is 16.5. The van der Waals surface area contributed by atoms with Crippen LogP contribution in [0, 0.1) is 0 Å². The van der Waals surface area contributed by atoms with Crippen LogP contribution in [0.5, 0.6) is 11.5 Å². The van der Waals surface area contributed by atoms with E-state index in [-0.39, 0.29) is 24.5 Å². The second-order valence-electron chi connectivity index (χ2n) is 8.95. The minimum Gasteiger partial charge on any atom is -0.503 e. The maximum Gasteiger partial charge on any atom is 0.290 e. The van der Waals surface area contributed by atoms with Gasteiger partial charge in [0.05, 0.1) is 31.9 Å². The molecule has 1 N–H and O–H groups in total. The number of aliphatic hydroxyl groups excluding tert-OH is 1. The smallest absolute Gasteiger partial charge is 0.290 e. The summed E-state index contributed by atoms with van der Waals surface area (Å²) >= 11 is 0. The molecule has 8 heteroatoms. The Balaban J connectivity index is 1.64. The highest BCUT2D eigenvalue weighted by Gasteiger charge is 2.44. The molecule has 1 atom stereocenters. The molecule has 0 radical (unpaired) electrons. The molecule has 1 aliphatic rings. The van der Waals surface area contributed by atoms with Crippen molar-refractivity contribution in [2.75, 3.05) is 34.0 Å². The van der Waals surface area contributed by atoms with Gasteiger partial charge in [-0.25, -0.2) is 0 Å². The van der Waals surface area contributed by atoms with Crippen LogP contribution in [0.2, 0.25) is 0 Å². The van der Waals surface area contributed by atoms with Crippen LogP contribution in [0.4, 0.5) is 0 Å². The largest absolute Gasteiger partial charge is 0.503 e. The predicted octanol–water partition coefficient (Wildman–Crippen LogP) is 5.63. The van der Waals surface area contributed by atoms with Crippen LogP contribution in [0.25, 0.3) is 11.0 Å². The third-order valence-electron chi connectivity index (χ3n) is 6.50. The summed E-state index contributed by atoms with van der Waals surface area (Å²) in [5.41, 5.74) is 1.06. The van der Waals surface area contributed by atoms with Crippen LogP contribution in [0.3, 0.4) is 0 Å². The van der Waals surface area contributed by atoms with Crippen molar-refractivity contribution < 1.29 is 33.3 Å². The number of para-hydroxylation sites is 1. The van der Waals surface area contributed by atoms with E-state index in [2.05, 4.69) is 6.92 Å². The van der Waals surface area contributed by atoms with Crippen molar-refractivity contribution in [3.8, 4) is 11.5 Å². The van der Waals surface area contributed by atoms with E-state index in [1.807, 2.05) is 24.3 Å². The van der Waals surface area contributed by atoms with Crippen molar-refractivity contribution in [2.45, 2.75) is 38.6 Å². The number of hydrogen-bond donors (Lipinski definition) is 1. The van der Waals surface area contributed by atoms with Gasteiger partial charge < -0.3 is 28.6 Å². The molecule has 0 bridgehead atoms. The van der Waals surface area contributed by atoms with E-state index >= 15 is 0 Å². The first-order valence-corrected chi connectivity index (χ1v) is 12.6. The van der Waals surface area contributed by atoms with Crippen LogP contribution >= 0.6 is 0 Å². The minimum absolute atomic E-state index is 0.0134. The van der Waals surface area contributed by atoms with E-state index in [1.165, 1.54) is 25.5 Å². The molecule has 8 nitrogen and oxygen atoms in total. The molecule has 1 amide bonds. The zero-order valence-corrected chi connectivity index (χ0v) is 21.5. The van der Waals surface area contributed by atoms with Gasteiger partial charge in [0.2, 0.25) is 5.78 Å². The van der Waals surface area contributed by atoms with Gasteiger partial charge >= 0.3 is 0 Å². The van der Waals surface area contributed by atoms with Gasteiger partial charge in [0.1, 0.15) is 5.75 Å². The van der Waals surface area contributed by atoms with Gasteiger partial charge in [-0.15, -0.1) is 0 Å². The van der Waals surface area contributed by atoms with E-state index in [9.17, 15) is 14.7 Å². The summed E-state index contributed by atoms with van der Waals surface area (Å²) < 4.78 is 22.2. The lowest BCUT2D eigenvalue weighted by Crippen LogP contribution is -2.34. The molecule has 37 heavy (non-hydrogen) atoms. The number of furan rings is 1. The fraction of sp³-hybridized carbons (Fsp3) is 0.379. The van der Waals surface area contributed by atoms with Crippen molar-refractivity contribution in [1.82, 2.24) is 4.90 Å². The average Bonchev–Trinajstić information content (AvgIpc) is 3.46. The Kier molecular flexibility index (Phi) is 8.50. The number of ketones is 1. The summed E-state index contributed by atoms with van der Waals surface area (Å²) in [5.74, 6) is -0.575. The molecule has 0 saturated heterocycles. The number of methoxy groups -OCH3 is 2. The number of fused-ring (bicyclic) bond motifs is 1. The molecule has 3 aromatic rings. The molecular formula is C29H33NO7. The number of ether oxygens (including phenoxy) is 3. The topological polar surface area (TPSA) is 98.4 Å². The van der Waals surface area contributed by atoms with Crippen molar-refractivity contribution in [1.29, 1.82) is 0 Å². The number of nitrogens with zero attached hydrogens (tertiary/aromatic N) is 1. The summed E-state index contributed by atoms with van der Waals surface area (Å²) in [5, 5.41) is 11.5. The SMILES string of the molecule is CCCCCCOc1ccc(C2C(C(=O)c3cc4cccc(OC)c4o3)=C(O)C(=O)N2CCOC)cc1. The molecule has 196 valence electrons. The van der Waals surface area contributed by atoms with Gasteiger partial charge in [-0.3, -0.25) is 9.59 Å². The maximum atomic E-state index is 13.7. The van der Waals surface area contributed by atoms with E-state index in [4.69, 9.17) is 18.6 Å². The van der Waals surface area contributed by atoms with Gasteiger partial charge in [-0.2, -0.15) is 0 Å². The quantitative estimate of drug-likeness (QED) is 0.237. The second-order valence-corrected chi connectivity index (χ2v) is 8.95. The van der Waals surface area contributed by atoms with E-state index in [0.29, 0.717) is 34.6 Å². The van der Waals surface area contributed by atoms with Gasteiger partial charge in [0, 0.05) is 19.0 Å². The lowest BCUT2D eigenvalue weighted by Gasteiger charge is -2.26. The summed E-state index contributed by atoms with van der Waals surface area (Å²) in [4.78, 5) is 28.2. The molecule has 0 fully saturated rings.